The van der Waals surface area contributed by atoms with Crippen LogP contribution in [0.15, 0.2) is 47.5 Å². The average molecular weight is 411 g/mol. The number of anilines is 2. The monoisotopic (exact) mass is 410 g/mol. The summed E-state index contributed by atoms with van der Waals surface area (Å²) in [5.74, 6) is 2.28. The van der Waals surface area contributed by atoms with Crippen molar-refractivity contribution < 1.29 is 14.3 Å². The highest BCUT2D eigenvalue weighted by atomic mass is 16.5. The van der Waals surface area contributed by atoms with Crippen molar-refractivity contribution in [1.29, 1.82) is 0 Å². The third-order valence-corrected chi connectivity index (χ3v) is 5.08. The summed E-state index contributed by atoms with van der Waals surface area (Å²) in [6, 6.07) is 13.5. The maximum atomic E-state index is 12.2. The molecule has 0 aliphatic heterocycles. The first-order valence-corrected chi connectivity index (χ1v) is 10.3. The standard InChI is InChI=1S/C23H30N4O3/c1-4-30-20-12-11-19(14-21(20)29-3)27-23(24-2)25-15-16-7-5-10-18(13-16)26-22(28)17-8-6-9-17/h5,7,10-14,17H,4,6,8-9,15H2,1-3H3,(H,26,28)(H2,24,25,27). The molecule has 1 aliphatic carbocycles. The molecule has 7 nitrogen and oxygen atoms in total. The van der Waals surface area contributed by atoms with E-state index in [-0.39, 0.29) is 11.8 Å². The maximum absolute atomic E-state index is 12.2. The normalized spacial score (nSPS) is 13.9. The second-order valence-corrected chi connectivity index (χ2v) is 7.17. The number of benzene rings is 2. The van der Waals surface area contributed by atoms with E-state index in [2.05, 4.69) is 20.9 Å². The molecule has 1 aliphatic rings. The molecular weight excluding hydrogens is 380 g/mol. The van der Waals surface area contributed by atoms with Gasteiger partial charge in [0, 0.05) is 37.0 Å². The number of hydrogen-bond acceptors (Lipinski definition) is 4. The van der Waals surface area contributed by atoms with E-state index in [0.29, 0.717) is 30.6 Å². The molecule has 3 N–H and O–H groups in total. The van der Waals surface area contributed by atoms with Gasteiger partial charge in [-0.1, -0.05) is 18.6 Å². The van der Waals surface area contributed by atoms with E-state index in [1.165, 1.54) is 0 Å². The van der Waals surface area contributed by atoms with E-state index in [9.17, 15) is 4.79 Å². The highest BCUT2D eigenvalue weighted by Crippen LogP contribution is 2.30. The predicted molar refractivity (Wildman–Crippen MR) is 120 cm³/mol. The van der Waals surface area contributed by atoms with Gasteiger partial charge >= 0.3 is 0 Å². The molecule has 0 aromatic heterocycles. The van der Waals surface area contributed by atoms with Gasteiger partial charge in [-0.05, 0) is 49.6 Å². The van der Waals surface area contributed by atoms with Crippen LogP contribution in [-0.2, 0) is 11.3 Å². The second kappa shape index (κ2) is 10.5. The summed E-state index contributed by atoms with van der Waals surface area (Å²) in [5, 5.41) is 9.56. The van der Waals surface area contributed by atoms with Gasteiger partial charge in [-0.15, -0.1) is 0 Å². The largest absolute Gasteiger partial charge is 0.493 e. The third kappa shape index (κ3) is 5.65. The van der Waals surface area contributed by atoms with E-state index < -0.39 is 0 Å². The van der Waals surface area contributed by atoms with Gasteiger partial charge in [0.25, 0.3) is 0 Å². The molecule has 160 valence electrons. The minimum atomic E-state index is 0.119. The number of guanidine groups is 1. The van der Waals surface area contributed by atoms with Crippen LogP contribution in [0.3, 0.4) is 0 Å². The van der Waals surface area contributed by atoms with Crippen molar-refractivity contribution in [3.63, 3.8) is 0 Å². The molecule has 0 heterocycles. The van der Waals surface area contributed by atoms with Crippen LogP contribution in [0.1, 0.15) is 31.7 Å². The van der Waals surface area contributed by atoms with Crippen molar-refractivity contribution in [2.24, 2.45) is 10.9 Å². The molecule has 0 unspecified atom stereocenters. The summed E-state index contributed by atoms with van der Waals surface area (Å²) in [6.07, 6.45) is 3.13. The molecule has 1 amide bonds. The minimum Gasteiger partial charge on any atom is -0.493 e. The van der Waals surface area contributed by atoms with Crippen LogP contribution in [0, 0.1) is 5.92 Å². The molecule has 1 fully saturated rings. The van der Waals surface area contributed by atoms with Gasteiger partial charge in [0.05, 0.1) is 13.7 Å². The van der Waals surface area contributed by atoms with Crippen LogP contribution in [0.2, 0.25) is 0 Å². The smallest absolute Gasteiger partial charge is 0.227 e. The van der Waals surface area contributed by atoms with E-state index in [0.717, 1.165) is 36.2 Å². The number of carbonyl (C=O) groups is 1. The van der Waals surface area contributed by atoms with Crippen molar-refractivity contribution >= 4 is 23.2 Å². The van der Waals surface area contributed by atoms with Gasteiger partial charge in [0.2, 0.25) is 5.91 Å². The lowest BCUT2D eigenvalue weighted by Gasteiger charge is -2.24. The maximum Gasteiger partial charge on any atom is 0.227 e. The highest BCUT2D eigenvalue weighted by Gasteiger charge is 2.25. The molecule has 1 saturated carbocycles. The Labute approximate surface area is 177 Å². The number of amides is 1. The molecule has 0 saturated heterocycles. The lowest BCUT2D eigenvalue weighted by molar-refractivity contribution is -0.122. The summed E-state index contributed by atoms with van der Waals surface area (Å²) in [5.41, 5.74) is 2.71. The molecule has 0 atom stereocenters. The molecule has 30 heavy (non-hydrogen) atoms. The number of nitrogens with zero attached hydrogens (tertiary/aromatic N) is 1. The van der Waals surface area contributed by atoms with Gasteiger partial charge in [-0.2, -0.15) is 0 Å². The van der Waals surface area contributed by atoms with Gasteiger partial charge < -0.3 is 25.4 Å². The first-order chi connectivity index (χ1) is 14.6. The van der Waals surface area contributed by atoms with E-state index >= 15 is 0 Å². The average Bonchev–Trinajstić information content (AvgIpc) is 2.71. The Morgan fingerprint density at radius 1 is 1.10 bits per heavy atom. The van der Waals surface area contributed by atoms with Crippen LogP contribution < -0.4 is 25.4 Å². The number of nitrogens with one attached hydrogen (secondary N) is 3. The van der Waals surface area contributed by atoms with Crippen molar-refractivity contribution in [3.05, 3.63) is 48.0 Å². The second-order valence-electron chi connectivity index (χ2n) is 7.17. The Kier molecular flexibility index (Phi) is 7.54. The predicted octanol–water partition coefficient (Wildman–Crippen LogP) is 4.02. The summed E-state index contributed by atoms with van der Waals surface area (Å²) >= 11 is 0. The third-order valence-electron chi connectivity index (χ3n) is 5.08. The van der Waals surface area contributed by atoms with Crippen LogP contribution >= 0.6 is 0 Å². The summed E-state index contributed by atoms with van der Waals surface area (Å²) < 4.78 is 11.0. The van der Waals surface area contributed by atoms with E-state index in [4.69, 9.17) is 9.47 Å². The van der Waals surface area contributed by atoms with Gasteiger partial charge in [0.15, 0.2) is 17.5 Å². The number of methoxy groups -OCH3 is 1. The Morgan fingerprint density at radius 3 is 2.57 bits per heavy atom. The van der Waals surface area contributed by atoms with Gasteiger partial charge in [-0.25, -0.2) is 0 Å². The Balaban J connectivity index is 1.57. The number of aliphatic imine (C=N–C) groups is 1. The van der Waals surface area contributed by atoms with Crippen LogP contribution in [0.4, 0.5) is 11.4 Å². The lowest BCUT2D eigenvalue weighted by Crippen LogP contribution is -2.30. The SMILES string of the molecule is CCOc1ccc(NC(=NC)NCc2cccc(NC(=O)C3CCC3)c2)cc1OC. The molecule has 2 aromatic rings. The fourth-order valence-electron chi connectivity index (χ4n) is 3.20. The quantitative estimate of drug-likeness (QED) is 0.452. The number of hydrogen-bond donors (Lipinski definition) is 3. The first kappa shape index (κ1) is 21.5. The van der Waals surface area contributed by atoms with Crippen LogP contribution in [0.5, 0.6) is 11.5 Å². The molecule has 0 radical (unpaired) electrons. The van der Waals surface area contributed by atoms with Crippen molar-refractivity contribution in [1.82, 2.24) is 5.32 Å². The number of carbonyl (C=O) groups excluding carboxylic acids is 1. The highest BCUT2D eigenvalue weighted by molar-refractivity contribution is 5.94. The minimum absolute atomic E-state index is 0.119. The molecular formula is C23H30N4O3. The Hall–Kier alpha value is -3.22. The Bertz CT molecular complexity index is 894. The molecule has 2 aromatic carbocycles. The summed E-state index contributed by atoms with van der Waals surface area (Å²) in [6.45, 7) is 3.08. The zero-order valence-electron chi connectivity index (χ0n) is 17.8. The molecule has 3 rings (SSSR count). The lowest BCUT2D eigenvalue weighted by atomic mass is 9.85. The van der Waals surface area contributed by atoms with Gasteiger partial charge in [0.1, 0.15) is 0 Å². The van der Waals surface area contributed by atoms with E-state index in [1.54, 1.807) is 14.2 Å². The molecule has 7 heteroatoms. The van der Waals surface area contributed by atoms with Crippen LogP contribution in [0.25, 0.3) is 0 Å². The molecule has 0 bridgehead atoms. The summed E-state index contributed by atoms with van der Waals surface area (Å²) in [4.78, 5) is 16.4. The first-order valence-electron chi connectivity index (χ1n) is 10.3. The topological polar surface area (TPSA) is 84.0 Å². The molecule has 0 spiro atoms. The zero-order valence-corrected chi connectivity index (χ0v) is 17.8. The zero-order chi connectivity index (χ0) is 21.3. The van der Waals surface area contributed by atoms with Crippen molar-refractivity contribution in [3.8, 4) is 11.5 Å². The van der Waals surface area contributed by atoms with Crippen molar-refractivity contribution in [2.45, 2.75) is 32.7 Å². The fraction of sp³-hybridized carbons (Fsp3) is 0.391. The fourth-order valence-corrected chi connectivity index (χ4v) is 3.20. The van der Waals surface area contributed by atoms with E-state index in [1.807, 2.05) is 49.4 Å². The van der Waals surface area contributed by atoms with Crippen molar-refractivity contribution in [2.75, 3.05) is 31.4 Å². The van der Waals surface area contributed by atoms with Crippen LogP contribution in [-0.4, -0.2) is 32.6 Å². The van der Waals surface area contributed by atoms with Gasteiger partial charge in [-0.3, -0.25) is 9.79 Å². The number of rotatable bonds is 8. The number of ether oxygens (including phenoxy) is 2. The Morgan fingerprint density at radius 2 is 1.90 bits per heavy atom. The summed E-state index contributed by atoms with van der Waals surface area (Å²) in [7, 11) is 3.34.